The van der Waals surface area contributed by atoms with Gasteiger partial charge < -0.3 is 19.0 Å². The summed E-state index contributed by atoms with van der Waals surface area (Å²) in [5.41, 5.74) is 2.50. The number of hydrogen-bond donors (Lipinski definition) is 1. The van der Waals surface area contributed by atoms with E-state index >= 15 is 0 Å². The van der Waals surface area contributed by atoms with E-state index in [1.165, 1.54) is 0 Å². The molecule has 0 bridgehead atoms. The van der Waals surface area contributed by atoms with Gasteiger partial charge in [-0.1, -0.05) is 18.2 Å². The Morgan fingerprint density at radius 2 is 2.18 bits per heavy atom. The average molecular weight is 298 g/mol. The minimum Gasteiger partial charge on any atom is -0.472 e. The van der Waals surface area contributed by atoms with Crippen LogP contribution >= 0.6 is 0 Å². The summed E-state index contributed by atoms with van der Waals surface area (Å²) in [4.78, 5) is 17.7. The molecule has 2 aromatic heterocycles. The van der Waals surface area contributed by atoms with Crippen LogP contribution in [0.1, 0.15) is 16.1 Å². The lowest BCUT2D eigenvalue weighted by Gasteiger charge is -2.21. The number of nitrogens with one attached hydrogen (secondary N) is 1. The zero-order valence-corrected chi connectivity index (χ0v) is 12.4. The number of rotatable bonds is 6. The number of methoxy groups -OCH3 is 1. The Kier molecular flexibility index (Phi) is 4.25. The highest BCUT2D eigenvalue weighted by Gasteiger charge is 2.18. The normalized spacial score (nSPS) is 11.0. The highest BCUT2D eigenvalue weighted by Crippen LogP contribution is 2.17. The van der Waals surface area contributed by atoms with Gasteiger partial charge in [0, 0.05) is 36.7 Å². The molecule has 3 aromatic rings. The number of fused-ring (bicyclic) bond motifs is 1. The summed E-state index contributed by atoms with van der Waals surface area (Å²) in [7, 11) is 1.63. The molecule has 0 unspecified atom stereocenters. The number of amides is 1. The first-order valence-electron chi connectivity index (χ1n) is 7.15. The second-order valence-electron chi connectivity index (χ2n) is 5.12. The summed E-state index contributed by atoms with van der Waals surface area (Å²) in [5, 5.41) is 1.03. The van der Waals surface area contributed by atoms with Crippen molar-refractivity contribution in [2.24, 2.45) is 0 Å². The molecule has 2 heterocycles. The van der Waals surface area contributed by atoms with E-state index in [2.05, 4.69) is 4.98 Å². The third-order valence-corrected chi connectivity index (χ3v) is 3.57. The van der Waals surface area contributed by atoms with Gasteiger partial charge in [0.05, 0.1) is 19.1 Å². The number of para-hydroxylation sites is 1. The number of hydrogen-bond acceptors (Lipinski definition) is 3. The van der Waals surface area contributed by atoms with Crippen molar-refractivity contribution < 1.29 is 13.9 Å². The third kappa shape index (κ3) is 3.04. The molecular formula is C17H18N2O3. The average Bonchev–Trinajstić information content (AvgIpc) is 3.19. The van der Waals surface area contributed by atoms with Gasteiger partial charge in [0.1, 0.15) is 5.69 Å². The van der Waals surface area contributed by atoms with Crippen molar-refractivity contribution >= 4 is 16.8 Å². The van der Waals surface area contributed by atoms with E-state index in [4.69, 9.17) is 9.15 Å². The second kappa shape index (κ2) is 6.49. The number of ether oxygens (including phenoxy) is 1. The van der Waals surface area contributed by atoms with Crippen LogP contribution in [0.5, 0.6) is 0 Å². The van der Waals surface area contributed by atoms with Crippen LogP contribution in [-0.4, -0.2) is 36.1 Å². The number of aromatic nitrogens is 1. The molecule has 0 spiro atoms. The Balaban J connectivity index is 1.83. The Morgan fingerprint density at radius 3 is 2.91 bits per heavy atom. The maximum atomic E-state index is 12.8. The predicted molar refractivity (Wildman–Crippen MR) is 83.6 cm³/mol. The van der Waals surface area contributed by atoms with Crippen LogP contribution in [0, 0.1) is 0 Å². The molecule has 1 aromatic carbocycles. The largest absolute Gasteiger partial charge is 0.472 e. The highest BCUT2D eigenvalue weighted by atomic mass is 16.5. The number of H-pyrrole nitrogens is 1. The van der Waals surface area contributed by atoms with Gasteiger partial charge in [-0.15, -0.1) is 0 Å². The van der Waals surface area contributed by atoms with Gasteiger partial charge in [-0.3, -0.25) is 4.79 Å². The molecule has 5 heteroatoms. The Hall–Kier alpha value is -2.53. The smallest absolute Gasteiger partial charge is 0.270 e. The van der Waals surface area contributed by atoms with Crippen LogP contribution in [0.4, 0.5) is 0 Å². The first kappa shape index (κ1) is 14.4. The first-order valence-corrected chi connectivity index (χ1v) is 7.15. The summed E-state index contributed by atoms with van der Waals surface area (Å²) in [6, 6.07) is 11.6. The van der Waals surface area contributed by atoms with Crippen LogP contribution in [0.3, 0.4) is 0 Å². The fourth-order valence-corrected chi connectivity index (χ4v) is 2.42. The van der Waals surface area contributed by atoms with E-state index < -0.39 is 0 Å². The number of benzene rings is 1. The molecule has 0 aliphatic carbocycles. The van der Waals surface area contributed by atoms with E-state index in [0.717, 1.165) is 16.5 Å². The summed E-state index contributed by atoms with van der Waals surface area (Å²) < 4.78 is 10.2. The molecule has 1 amide bonds. The topological polar surface area (TPSA) is 58.5 Å². The maximum absolute atomic E-state index is 12.8. The van der Waals surface area contributed by atoms with E-state index in [9.17, 15) is 4.79 Å². The first-order chi connectivity index (χ1) is 10.8. The molecule has 0 fully saturated rings. The van der Waals surface area contributed by atoms with Crippen LogP contribution in [0.15, 0.2) is 53.3 Å². The predicted octanol–water partition coefficient (Wildman–Crippen LogP) is 3.05. The van der Waals surface area contributed by atoms with Crippen LogP contribution in [0.2, 0.25) is 0 Å². The summed E-state index contributed by atoms with van der Waals surface area (Å²) in [6.45, 7) is 1.51. The van der Waals surface area contributed by atoms with Crippen molar-refractivity contribution in [1.82, 2.24) is 9.88 Å². The molecule has 0 aliphatic rings. The van der Waals surface area contributed by atoms with Crippen molar-refractivity contribution in [3.05, 3.63) is 60.2 Å². The van der Waals surface area contributed by atoms with E-state index in [0.29, 0.717) is 25.4 Å². The van der Waals surface area contributed by atoms with Gasteiger partial charge in [-0.05, 0) is 18.2 Å². The standard InChI is InChI=1S/C17H18N2O3/c1-21-9-7-19(11-13-6-8-22-12-13)17(20)16-10-14-4-2-3-5-15(14)18-16/h2-6,8,10,12,18H,7,9,11H2,1H3. The third-order valence-electron chi connectivity index (χ3n) is 3.57. The van der Waals surface area contributed by atoms with E-state index in [-0.39, 0.29) is 5.91 Å². The fourth-order valence-electron chi connectivity index (χ4n) is 2.42. The highest BCUT2D eigenvalue weighted by molar-refractivity contribution is 5.98. The number of furan rings is 1. The van der Waals surface area contributed by atoms with Crippen LogP contribution in [-0.2, 0) is 11.3 Å². The van der Waals surface area contributed by atoms with Crippen molar-refractivity contribution in [2.75, 3.05) is 20.3 Å². The van der Waals surface area contributed by atoms with Crippen LogP contribution < -0.4 is 0 Å². The minimum absolute atomic E-state index is 0.0468. The number of aromatic amines is 1. The SMILES string of the molecule is COCCN(Cc1ccoc1)C(=O)c1cc2ccccc2[nH]1. The lowest BCUT2D eigenvalue weighted by Crippen LogP contribution is -2.33. The molecule has 1 N–H and O–H groups in total. The van der Waals surface area contributed by atoms with E-state index in [1.807, 2.05) is 36.4 Å². The van der Waals surface area contributed by atoms with Crippen molar-refractivity contribution in [3.8, 4) is 0 Å². The Labute approximate surface area is 128 Å². The summed E-state index contributed by atoms with van der Waals surface area (Å²) >= 11 is 0. The van der Waals surface area contributed by atoms with Gasteiger partial charge in [-0.25, -0.2) is 0 Å². The zero-order valence-electron chi connectivity index (χ0n) is 12.4. The molecule has 0 saturated heterocycles. The van der Waals surface area contributed by atoms with Gasteiger partial charge in [-0.2, -0.15) is 0 Å². The lowest BCUT2D eigenvalue weighted by atomic mass is 10.2. The minimum atomic E-state index is -0.0468. The van der Waals surface area contributed by atoms with Gasteiger partial charge >= 0.3 is 0 Å². The molecule has 22 heavy (non-hydrogen) atoms. The maximum Gasteiger partial charge on any atom is 0.270 e. The molecule has 0 atom stereocenters. The second-order valence-corrected chi connectivity index (χ2v) is 5.12. The van der Waals surface area contributed by atoms with Gasteiger partial charge in [0.25, 0.3) is 5.91 Å². The van der Waals surface area contributed by atoms with Crippen molar-refractivity contribution in [3.63, 3.8) is 0 Å². The molecule has 3 rings (SSSR count). The zero-order chi connectivity index (χ0) is 15.4. The monoisotopic (exact) mass is 298 g/mol. The molecule has 5 nitrogen and oxygen atoms in total. The number of nitrogens with zero attached hydrogens (tertiary/aromatic N) is 1. The van der Waals surface area contributed by atoms with Gasteiger partial charge in [0.15, 0.2) is 0 Å². The lowest BCUT2D eigenvalue weighted by molar-refractivity contribution is 0.0675. The molecule has 114 valence electrons. The van der Waals surface area contributed by atoms with Gasteiger partial charge in [0.2, 0.25) is 0 Å². The number of carbonyl (C=O) groups excluding carboxylic acids is 1. The van der Waals surface area contributed by atoms with Crippen molar-refractivity contribution in [1.29, 1.82) is 0 Å². The quantitative estimate of drug-likeness (QED) is 0.761. The molecular weight excluding hydrogens is 280 g/mol. The summed E-state index contributed by atoms with van der Waals surface area (Å²) in [6.07, 6.45) is 3.26. The van der Waals surface area contributed by atoms with Crippen LogP contribution in [0.25, 0.3) is 10.9 Å². The Bertz CT molecular complexity index is 713. The summed E-state index contributed by atoms with van der Waals surface area (Å²) in [5.74, 6) is -0.0468. The van der Waals surface area contributed by atoms with E-state index in [1.54, 1.807) is 24.5 Å². The Morgan fingerprint density at radius 1 is 1.32 bits per heavy atom. The van der Waals surface area contributed by atoms with Crippen molar-refractivity contribution in [2.45, 2.75) is 6.54 Å². The molecule has 0 saturated carbocycles. The number of carbonyl (C=O) groups is 1. The molecule has 0 radical (unpaired) electrons. The fraction of sp³-hybridized carbons (Fsp3) is 0.235. The molecule has 0 aliphatic heterocycles.